The molecule has 5 heteroatoms. The summed E-state index contributed by atoms with van der Waals surface area (Å²) in [6.45, 7) is 3.16. The molecular formula is C16H24ClN3O. The first kappa shape index (κ1) is 16.1. The van der Waals surface area contributed by atoms with Crippen LogP contribution in [0.1, 0.15) is 31.2 Å². The second-order valence-corrected chi connectivity index (χ2v) is 5.78. The van der Waals surface area contributed by atoms with Crippen LogP contribution in [0.5, 0.6) is 0 Å². The van der Waals surface area contributed by atoms with Gasteiger partial charge in [0.2, 0.25) is 5.91 Å². The molecular weight excluding hydrogens is 286 g/mol. The van der Waals surface area contributed by atoms with Gasteiger partial charge < -0.3 is 15.5 Å². The Balaban J connectivity index is 0.00000161. The number of para-hydroxylation sites is 1. The van der Waals surface area contributed by atoms with Crippen molar-refractivity contribution in [3.63, 3.8) is 0 Å². The molecule has 0 spiro atoms. The van der Waals surface area contributed by atoms with Crippen molar-refractivity contribution >= 4 is 24.0 Å². The minimum atomic E-state index is 0. The first-order valence-electron chi connectivity index (χ1n) is 7.66. The molecule has 1 amide bonds. The van der Waals surface area contributed by atoms with Gasteiger partial charge >= 0.3 is 0 Å². The van der Waals surface area contributed by atoms with Crippen LogP contribution in [0.25, 0.3) is 0 Å². The van der Waals surface area contributed by atoms with E-state index >= 15 is 0 Å². The fourth-order valence-electron chi connectivity index (χ4n) is 3.21. The van der Waals surface area contributed by atoms with Crippen molar-refractivity contribution in [2.45, 2.75) is 38.3 Å². The summed E-state index contributed by atoms with van der Waals surface area (Å²) in [6, 6.07) is 8.76. The van der Waals surface area contributed by atoms with Crippen molar-refractivity contribution in [1.29, 1.82) is 0 Å². The maximum atomic E-state index is 12.2. The van der Waals surface area contributed by atoms with Crippen LogP contribution in [0, 0.1) is 0 Å². The number of hydrogen-bond donors (Lipinski definition) is 2. The maximum Gasteiger partial charge on any atom is 0.239 e. The fraction of sp³-hybridized carbons (Fsp3) is 0.562. The Labute approximate surface area is 132 Å². The third-order valence-corrected chi connectivity index (χ3v) is 4.26. The molecule has 0 saturated heterocycles. The number of anilines is 1. The minimum Gasteiger partial charge on any atom is -0.361 e. The predicted molar refractivity (Wildman–Crippen MR) is 88.0 cm³/mol. The van der Waals surface area contributed by atoms with Gasteiger partial charge in [0.1, 0.15) is 0 Å². The smallest absolute Gasteiger partial charge is 0.239 e. The van der Waals surface area contributed by atoms with E-state index in [-0.39, 0.29) is 18.3 Å². The standard InChI is InChI=1S/C16H23N3O.ClH/c20-16(18-14-6-2-3-7-14)12-19-10-9-17-11-13-5-1-4-8-15(13)19;/h1,4-5,8,14,17H,2-3,6-7,9-12H2,(H,18,20);1H. The van der Waals surface area contributed by atoms with Crippen LogP contribution in [-0.4, -0.2) is 31.6 Å². The highest BCUT2D eigenvalue weighted by Gasteiger charge is 2.20. The Morgan fingerprint density at radius 3 is 2.86 bits per heavy atom. The zero-order valence-electron chi connectivity index (χ0n) is 12.3. The lowest BCUT2D eigenvalue weighted by atomic mass is 10.1. The zero-order valence-corrected chi connectivity index (χ0v) is 13.1. The first-order chi connectivity index (χ1) is 9.83. The summed E-state index contributed by atoms with van der Waals surface area (Å²) in [5.74, 6) is 0.161. The lowest BCUT2D eigenvalue weighted by Crippen LogP contribution is -2.42. The molecule has 21 heavy (non-hydrogen) atoms. The summed E-state index contributed by atoms with van der Waals surface area (Å²) < 4.78 is 0. The van der Waals surface area contributed by atoms with Crippen molar-refractivity contribution in [1.82, 2.24) is 10.6 Å². The van der Waals surface area contributed by atoms with Gasteiger partial charge in [-0.25, -0.2) is 0 Å². The van der Waals surface area contributed by atoms with Gasteiger partial charge in [-0.2, -0.15) is 0 Å². The van der Waals surface area contributed by atoms with Crippen LogP contribution in [0.4, 0.5) is 5.69 Å². The molecule has 116 valence electrons. The highest BCUT2D eigenvalue weighted by Crippen LogP contribution is 2.22. The molecule has 3 rings (SSSR count). The van der Waals surface area contributed by atoms with Gasteiger partial charge in [0.25, 0.3) is 0 Å². The number of fused-ring (bicyclic) bond motifs is 1. The van der Waals surface area contributed by atoms with Crippen LogP contribution in [0.3, 0.4) is 0 Å². The van der Waals surface area contributed by atoms with Crippen LogP contribution in [0.2, 0.25) is 0 Å². The number of nitrogens with one attached hydrogen (secondary N) is 2. The first-order valence-corrected chi connectivity index (χ1v) is 7.66. The van der Waals surface area contributed by atoms with Crippen molar-refractivity contribution < 1.29 is 4.79 Å². The van der Waals surface area contributed by atoms with Gasteiger partial charge in [-0.3, -0.25) is 4.79 Å². The van der Waals surface area contributed by atoms with Crippen molar-refractivity contribution in [3.05, 3.63) is 29.8 Å². The average molecular weight is 310 g/mol. The minimum absolute atomic E-state index is 0. The Morgan fingerprint density at radius 2 is 2.05 bits per heavy atom. The molecule has 4 nitrogen and oxygen atoms in total. The van der Waals surface area contributed by atoms with E-state index in [1.165, 1.54) is 24.1 Å². The molecule has 0 aromatic heterocycles. The number of amides is 1. The molecule has 1 aliphatic heterocycles. The van der Waals surface area contributed by atoms with Gasteiger partial charge in [0.15, 0.2) is 0 Å². The van der Waals surface area contributed by atoms with E-state index in [9.17, 15) is 4.79 Å². The maximum absolute atomic E-state index is 12.2. The Hall–Kier alpha value is -1.26. The van der Waals surface area contributed by atoms with Gasteiger partial charge in [-0.1, -0.05) is 31.0 Å². The van der Waals surface area contributed by atoms with Crippen molar-refractivity contribution in [3.8, 4) is 0 Å². The van der Waals surface area contributed by atoms with Gasteiger partial charge in [-0.05, 0) is 24.5 Å². The molecule has 0 bridgehead atoms. The topological polar surface area (TPSA) is 44.4 Å². The monoisotopic (exact) mass is 309 g/mol. The van der Waals surface area contributed by atoms with E-state index in [1.54, 1.807) is 0 Å². The number of rotatable bonds is 3. The summed E-state index contributed by atoms with van der Waals surface area (Å²) in [4.78, 5) is 14.4. The Bertz CT molecular complexity index is 474. The third kappa shape index (κ3) is 4.11. The fourth-order valence-corrected chi connectivity index (χ4v) is 3.21. The Morgan fingerprint density at radius 1 is 1.29 bits per heavy atom. The number of carbonyl (C=O) groups excluding carboxylic acids is 1. The number of nitrogens with zero attached hydrogens (tertiary/aromatic N) is 1. The lowest BCUT2D eigenvalue weighted by Gasteiger charge is -2.24. The van der Waals surface area contributed by atoms with E-state index in [2.05, 4.69) is 33.7 Å². The quantitative estimate of drug-likeness (QED) is 0.898. The molecule has 2 N–H and O–H groups in total. The van der Waals surface area contributed by atoms with E-state index in [0.717, 1.165) is 32.5 Å². The van der Waals surface area contributed by atoms with E-state index in [4.69, 9.17) is 0 Å². The summed E-state index contributed by atoms with van der Waals surface area (Å²) in [6.07, 6.45) is 4.79. The molecule has 0 atom stereocenters. The van der Waals surface area contributed by atoms with Crippen LogP contribution >= 0.6 is 12.4 Å². The lowest BCUT2D eigenvalue weighted by molar-refractivity contribution is -0.120. The number of halogens is 1. The van der Waals surface area contributed by atoms with Crippen molar-refractivity contribution in [2.24, 2.45) is 0 Å². The summed E-state index contributed by atoms with van der Waals surface area (Å²) >= 11 is 0. The molecule has 1 aliphatic carbocycles. The number of carbonyl (C=O) groups is 1. The van der Waals surface area contributed by atoms with Crippen LogP contribution < -0.4 is 15.5 Å². The van der Waals surface area contributed by atoms with Crippen LogP contribution in [-0.2, 0) is 11.3 Å². The third-order valence-electron chi connectivity index (χ3n) is 4.26. The van der Waals surface area contributed by atoms with Crippen molar-refractivity contribution in [2.75, 3.05) is 24.5 Å². The molecule has 1 fully saturated rings. The normalized spacial score (nSPS) is 18.6. The molecule has 0 radical (unpaired) electrons. The molecule has 0 unspecified atom stereocenters. The second-order valence-electron chi connectivity index (χ2n) is 5.78. The Kier molecular flexibility index (Phi) is 5.88. The highest BCUT2D eigenvalue weighted by atomic mass is 35.5. The summed E-state index contributed by atoms with van der Waals surface area (Å²) in [5, 5.41) is 6.58. The SMILES string of the molecule is Cl.O=C(CN1CCNCc2ccccc21)NC1CCCC1. The summed E-state index contributed by atoms with van der Waals surface area (Å²) in [7, 11) is 0. The molecule has 2 aliphatic rings. The van der Waals surface area contributed by atoms with Gasteiger partial charge in [0, 0.05) is 31.4 Å². The molecule has 1 saturated carbocycles. The van der Waals surface area contributed by atoms with E-state index in [0.29, 0.717) is 12.6 Å². The average Bonchev–Trinajstić information content (AvgIpc) is 2.87. The second kappa shape index (κ2) is 7.66. The predicted octanol–water partition coefficient (Wildman–Crippen LogP) is 2.08. The zero-order chi connectivity index (χ0) is 13.8. The van der Waals surface area contributed by atoms with E-state index in [1.807, 2.05) is 6.07 Å². The molecule has 1 aromatic rings. The molecule has 1 aromatic carbocycles. The highest BCUT2D eigenvalue weighted by molar-refractivity contribution is 5.85. The number of benzene rings is 1. The van der Waals surface area contributed by atoms with Crippen LogP contribution in [0.15, 0.2) is 24.3 Å². The molecule has 1 heterocycles. The largest absolute Gasteiger partial charge is 0.361 e. The van der Waals surface area contributed by atoms with E-state index < -0.39 is 0 Å². The summed E-state index contributed by atoms with van der Waals surface area (Å²) in [5.41, 5.74) is 2.47. The van der Waals surface area contributed by atoms with Gasteiger partial charge in [0.05, 0.1) is 6.54 Å². The van der Waals surface area contributed by atoms with Gasteiger partial charge in [-0.15, -0.1) is 12.4 Å². The number of hydrogen-bond acceptors (Lipinski definition) is 3.